The van der Waals surface area contributed by atoms with Crippen molar-refractivity contribution in [1.29, 1.82) is 0 Å². The molecule has 0 aliphatic heterocycles. The van der Waals surface area contributed by atoms with E-state index in [2.05, 4.69) is 45.7 Å². The van der Waals surface area contributed by atoms with Crippen LogP contribution in [0.2, 0.25) is 0 Å². The first-order valence-electron chi connectivity index (χ1n) is 18.9. The van der Waals surface area contributed by atoms with Crippen LogP contribution in [-0.4, -0.2) is 29.3 Å². The fourth-order valence-electron chi connectivity index (χ4n) is 12.2. The Hall–Kier alpha value is -3.28. The molecular weight excluding hydrogens is 610 g/mol. The number of fused-ring (bicyclic) bond motifs is 7. The van der Waals surface area contributed by atoms with Crippen LogP contribution in [0.4, 0.5) is 0 Å². The van der Waals surface area contributed by atoms with Crippen molar-refractivity contribution in [1.82, 2.24) is 4.98 Å². The van der Waals surface area contributed by atoms with E-state index < -0.39 is 0 Å². The fraction of sp³-hybridized carbons (Fsp3) is 0.628. The van der Waals surface area contributed by atoms with Crippen LogP contribution in [0.5, 0.6) is 0 Å². The number of hydrogen-bond acceptors (Lipinski definition) is 6. The van der Waals surface area contributed by atoms with Crippen molar-refractivity contribution in [2.24, 2.45) is 57.2 Å². The van der Waals surface area contributed by atoms with Crippen molar-refractivity contribution in [3.05, 3.63) is 77.6 Å². The molecule has 1 heterocycles. The first kappa shape index (κ1) is 34.2. The maximum absolute atomic E-state index is 14.6. The first-order valence-corrected chi connectivity index (χ1v) is 18.9. The summed E-state index contributed by atoms with van der Waals surface area (Å²) in [6, 6.07) is 15.7. The maximum atomic E-state index is 14.6. The van der Waals surface area contributed by atoms with E-state index in [0.29, 0.717) is 25.6 Å². The van der Waals surface area contributed by atoms with Crippen LogP contribution in [-0.2, 0) is 36.9 Å². The summed E-state index contributed by atoms with van der Waals surface area (Å²) >= 11 is 0. The lowest BCUT2D eigenvalue weighted by Crippen LogP contribution is -2.63. The topological polar surface area (TPSA) is 82.6 Å². The second-order valence-corrected chi connectivity index (χ2v) is 17.6. The first-order chi connectivity index (χ1) is 23.4. The van der Waals surface area contributed by atoms with E-state index in [4.69, 9.17) is 9.47 Å². The van der Waals surface area contributed by atoms with Gasteiger partial charge in [0.05, 0.1) is 18.4 Å². The summed E-state index contributed by atoms with van der Waals surface area (Å²) < 4.78 is 11.7. The Labute approximate surface area is 292 Å². The molecule has 5 aliphatic carbocycles. The summed E-state index contributed by atoms with van der Waals surface area (Å²) in [5, 5.41) is 0. The Morgan fingerprint density at radius 3 is 2.29 bits per heavy atom. The van der Waals surface area contributed by atoms with Gasteiger partial charge in [-0.1, -0.05) is 76.6 Å². The fourth-order valence-corrected chi connectivity index (χ4v) is 12.2. The number of rotatable bonds is 7. The molecule has 0 N–H and O–H groups in total. The summed E-state index contributed by atoms with van der Waals surface area (Å²) in [5.74, 6) is 0.549. The minimum atomic E-state index is -0.275. The molecule has 9 unspecified atom stereocenters. The van der Waals surface area contributed by atoms with Gasteiger partial charge in [0, 0.05) is 24.2 Å². The number of carbonyl (C=O) groups is 3. The van der Waals surface area contributed by atoms with E-state index in [-0.39, 0.29) is 69.0 Å². The highest BCUT2D eigenvalue weighted by Gasteiger charge is 2.67. The predicted molar refractivity (Wildman–Crippen MR) is 189 cm³/mol. The molecule has 6 nitrogen and oxygen atoms in total. The minimum Gasteiger partial charge on any atom is -0.465 e. The number of ether oxygens (including phenoxy) is 2. The highest BCUT2D eigenvalue weighted by Crippen LogP contribution is 2.71. The highest BCUT2D eigenvalue weighted by atomic mass is 16.5. The molecule has 1 aromatic carbocycles. The van der Waals surface area contributed by atoms with Gasteiger partial charge in [-0.15, -0.1) is 0 Å². The number of esters is 2. The van der Waals surface area contributed by atoms with Gasteiger partial charge in [0.25, 0.3) is 0 Å². The highest BCUT2D eigenvalue weighted by molar-refractivity contribution is 5.95. The summed E-state index contributed by atoms with van der Waals surface area (Å²) in [4.78, 5) is 46.0. The SMILES string of the molecule is CC12CCC(C(=O)OCc3ccccc3)CC1C1=CC(=O)C3C(C)(CCC4C(C)(C)C(C(=O)OCCc5ccccn5)CCC43C)C1CC2. The van der Waals surface area contributed by atoms with Gasteiger partial charge < -0.3 is 9.47 Å². The van der Waals surface area contributed by atoms with Crippen LogP contribution in [0.3, 0.4) is 0 Å². The van der Waals surface area contributed by atoms with Crippen LogP contribution in [0.1, 0.15) is 104 Å². The normalized spacial score (nSPS) is 37.7. The van der Waals surface area contributed by atoms with Crippen LogP contribution >= 0.6 is 0 Å². The molecule has 0 amide bonds. The van der Waals surface area contributed by atoms with Crippen LogP contribution in [0, 0.1) is 57.2 Å². The minimum absolute atomic E-state index is 0.0625. The number of pyridine rings is 1. The van der Waals surface area contributed by atoms with E-state index in [1.807, 2.05) is 48.5 Å². The Morgan fingerprint density at radius 1 is 0.796 bits per heavy atom. The molecule has 2 aromatic rings. The molecule has 49 heavy (non-hydrogen) atoms. The lowest BCUT2D eigenvalue weighted by atomic mass is 9.36. The second kappa shape index (κ2) is 12.8. The van der Waals surface area contributed by atoms with E-state index in [1.165, 1.54) is 5.57 Å². The molecule has 4 saturated carbocycles. The summed E-state index contributed by atoms with van der Waals surface area (Å²) in [6.07, 6.45) is 12.9. The Kier molecular flexibility index (Phi) is 8.93. The Bertz CT molecular complexity index is 1600. The molecule has 7 rings (SSSR count). The van der Waals surface area contributed by atoms with Gasteiger partial charge in [0.1, 0.15) is 6.61 Å². The van der Waals surface area contributed by atoms with Crippen LogP contribution in [0.25, 0.3) is 0 Å². The van der Waals surface area contributed by atoms with Crippen molar-refractivity contribution in [2.75, 3.05) is 6.61 Å². The summed E-state index contributed by atoms with van der Waals surface area (Å²) in [6.45, 7) is 12.3. The maximum Gasteiger partial charge on any atom is 0.309 e. The number of aromatic nitrogens is 1. The van der Waals surface area contributed by atoms with Gasteiger partial charge in [-0.2, -0.15) is 0 Å². The van der Waals surface area contributed by atoms with Gasteiger partial charge in [-0.05, 0) is 121 Å². The smallest absolute Gasteiger partial charge is 0.309 e. The number of benzene rings is 1. The average Bonchev–Trinajstić information content (AvgIpc) is 3.07. The van der Waals surface area contributed by atoms with Crippen molar-refractivity contribution in [3.63, 3.8) is 0 Å². The largest absolute Gasteiger partial charge is 0.465 e. The zero-order chi connectivity index (χ0) is 34.6. The van der Waals surface area contributed by atoms with E-state index in [0.717, 1.165) is 69.0 Å². The van der Waals surface area contributed by atoms with Crippen molar-refractivity contribution in [2.45, 2.75) is 105 Å². The Morgan fingerprint density at radius 2 is 1.53 bits per heavy atom. The van der Waals surface area contributed by atoms with Gasteiger partial charge in [0.2, 0.25) is 0 Å². The average molecular weight is 666 g/mol. The molecule has 0 spiro atoms. The molecule has 0 bridgehead atoms. The lowest BCUT2D eigenvalue weighted by Gasteiger charge is -2.67. The van der Waals surface area contributed by atoms with Crippen molar-refractivity contribution < 1.29 is 23.9 Å². The van der Waals surface area contributed by atoms with Crippen LogP contribution < -0.4 is 0 Å². The van der Waals surface area contributed by atoms with Gasteiger partial charge >= 0.3 is 11.9 Å². The molecule has 1 aromatic heterocycles. The molecule has 262 valence electrons. The van der Waals surface area contributed by atoms with Crippen molar-refractivity contribution in [3.8, 4) is 0 Å². The predicted octanol–water partition coefficient (Wildman–Crippen LogP) is 8.73. The molecule has 5 aliphatic rings. The third kappa shape index (κ3) is 5.89. The summed E-state index contributed by atoms with van der Waals surface area (Å²) in [5.41, 5.74) is 2.79. The van der Waals surface area contributed by atoms with Gasteiger partial charge in [-0.25, -0.2) is 0 Å². The molecule has 0 radical (unpaired) electrons. The van der Waals surface area contributed by atoms with Crippen LogP contribution in [0.15, 0.2) is 66.4 Å². The number of carbonyl (C=O) groups excluding carboxylic acids is 3. The van der Waals surface area contributed by atoms with E-state index >= 15 is 0 Å². The third-order valence-electron chi connectivity index (χ3n) is 14.6. The zero-order valence-corrected chi connectivity index (χ0v) is 30.2. The number of nitrogens with zero attached hydrogens (tertiary/aromatic N) is 1. The van der Waals surface area contributed by atoms with E-state index in [9.17, 15) is 14.4 Å². The third-order valence-corrected chi connectivity index (χ3v) is 14.6. The number of ketones is 1. The molecule has 4 fully saturated rings. The van der Waals surface area contributed by atoms with Crippen molar-refractivity contribution >= 4 is 17.7 Å². The lowest BCUT2D eigenvalue weighted by molar-refractivity contribution is -0.188. The Balaban J connectivity index is 1.08. The quantitative estimate of drug-likeness (QED) is 0.275. The van der Waals surface area contributed by atoms with E-state index in [1.54, 1.807) is 6.20 Å². The molecule has 9 atom stereocenters. The second-order valence-electron chi connectivity index (χ2n) is 17.6. The molecule has 6 heteroatoms. The summed E-state index contributed by atoms with van der Waals surface area (Å²) in [7, 11) is 0. The van der Waals surface area contributed by atoms with Gasteiger partial charge in [0.15, 0.2) is 5.78 Å². The molecule has 0 saturated heterocycles. The van der Waals surface area contributed by atoms with Gasteiger partial charge in [-0.3, -0.25) is 19.4 Å². The molecular formula is C43H55NO5. The monoisotopic (exact) mass is 665 g/mol. The number of hydrogen-bond donors (Lipinski definition) is 0. The zero-order valence-electron chi connectivity index (χ0n) is 30.2. The standard InChI is InChI=1S/C43H55NO5/c1-40(2)33(39(47)48-24-18-30-13-9-10-23-44-30)16-21-43(5)36(40)17-22-42(4)32-15-20-41(3)19-14-29(25-34(41)31(32)26-35(45)37(42)43)38(46)49-27-28-11-7-6-8-12-28/h6-13,23,26,29,32-34,36-37H,14-22,24-25,27H2,1-5H3. The number of allylic oxidation sites excluding steroid dienone is 2.